The lowest BCUT2D eigenvalue weighted by atomic mass is 10.1. The predicted octanol–water partition coefficient (Wildman–Crippen LogP) is 6.32. The van der Waals surface area contributed by atoms with Crippen molar-refractivity contribution in [1.29, 1.82) is 0 Å². The second-order valence-electron chi connectivity index (χ2n) is 6.16. The number of nitrogens with zero attached hydrogens (tertiary/aromatic N) is 3. The molecule has 3 aromatic rings. The molecule has 29 heavy (non-hydrogen) atoms. The van der Waals surface area contributed by atoms with Gasteiger partial charge in [0.15, 0.2) is 5.65 Å². The van der Waals surface area contributed by atoms with E-state index in [0.29, 0.717) is 5.56 Å². The zero-order chi connectivity index (χ0) is 22.2. The van der Waals surface area contributed by atoms with Gasteiger partial charge in [0.25, 0.3) is 0 Å². The van der Waals surface area contributed by atoms with Crippen LogP contribution in [0.5, 0.6) is 0 Å². The highest BCUT2D eigenvalue weighted by molar-refractivity contribution is 5.76. The van der Waals surface area contributed by atoms with Crippen LogP contribution >= 0.6 is 0 Å². The van der Waals surface area contributed by atoms with Gasteiger partial charge in [0, 0.05) is 29.1 Å². The van der Waals surface area contributed by atoms with Gasteiger partial charge in [-0.05, 0) is 39.7 Å². The summed E-state index contributed by atoms with van der Waals surface area (Å²) in [7, 11) is 0. The molecule has 0 fully saturated rings. The van der Waals surface area contributed by atoms with Crippen LogP contribution in [0.15, 0.2) is 67.2 Å². The van der Waals surface area contributed by atoms with E-state index in [0.717, 1.165) is 35.0 Å². The van der Waals surface area contributed by atoms with Crippen molar-refractivity contribution >= 4 is 11.9 Å². The number of hydrogen-bond donors (Lipinski definition) is 0. The first-order valence-corrected chi connectivity index (χ1v) is 9.37. The molecule has 4 nitrogen and oxygen atoms in total. The van der Waals surface area contributed by atoms with E-state index in [1.807, 2.05) is 64.4 Å². The molecule has 0 aliphatic rings. The number of benzene rings is 1. The van der Waals surface area contributed by atoms with E-state index in [2.05, 4.69) is 36.4 Å². The molecule has 4 heteroatoms. The quantitative estimate of drug-likeness (QED) is 0.299. The lowest BCUT2D eigenvalue weighted by molar-refractivity contribution is 0.112. The van der Waals surface area contributed by atoms with E-state index < -0.39 is 0 Å². The van der Waals surface area contributed by atoms with Crippen molar-refractivity contribution in [3.05, 3.63) is 78.3 Å². The van der Waals surface area contributed by atoms with Gasteiger partial charge >= 0.3 is 0 Å². The molecule has 1 aromatic carbocycles. The summed E-state index contributed by atoms with van der Waals surface area (Å²) in [5.41, 5.74) is 5.83. The average Bonchev–Trinajstić information content (AvgIpc) is 3.16. The number of hydrogen-bond acceptors (Lipinski definition) is 3. The predicted molar refractivity (Wildman–Crippen MR) is 124 cm³/mol. The molecule has 0 saturated carbocycles. The molecule has 0 atom stereocenters. The van der Waals surface area contributed by atoms with Crippen LogP contribution in [0.25, 0.3) is 16.8 Å². The van der Waals surface area contributed by atoms with Gasteiger partial charge in [-0.15, -0.1) is 19.4 Å². The third kappa shape index (κ3) is 8.85. The average molecular weight is 390 g/mol. The number of aromatic nitrogens is 3. The third-order valence-electron chi connectivity index (χ3n) is 3.85. The molecule has 3 rings (SSSR count). The first kappa shape index (κ1) is 25.6. The summed E-state index contributed by atoms with van der Waals surface area (Å²) >= 11 is 0. The van der Waals surface area contributed by atoms with E-state index in [1.165, 1.54) is 5.57 Å². The van der Waals surface area contributed by atoms with E-state index in [1.54, 1.807) is 22.8 Å². The summed E-state index contributed by atoms with van der Waals surface area (Å²) in [6.07, 6.45) is 19.5. The zero-order valence-electron chi connectivity index (χ0n) is 18.1. The van der Waals surface area contributed by atoms with Crippen molar-refractivity contribution in [3.63, 3.8) is 0 Å². The Bertz CT molecular complexity index is 928. The van der Waals surface area contributed by atoms with E-state index in [4.69, 9.17) is 0 Å². The summed E-state index contributed by atoms with van der Waals surface area (Å²) in [6, 6.07) is 7.40. The lowest BCUT2D eigenvalue weighted by Gasteiger charge is -2.02. The Morgan fingerprint density at radius 2 is 1.66 bits per heavy atom. The fourth-order valence-corrected chi connectivity index (χ4v) is 1.90. The van der Waals surface area contributed by atoms with Gasteiger partial charge in [-0.1, -0.05) is 48.9 Å². The first-order chi connectivity index (χ1) is 14.0. The highest BCUT2D eigenvalue weighted by atomic mass is 16.1. The van der Waals surface area contributed by atoms with Crippen LogP contribution < -0.4 is 0 Å². The van der Waals surface area contributed by atoms with E-state index >= 15 is 0 Å². The number of allylic oxidation sites excluding steroid dienone is 3. The van der Waals surface area contributed by atoms with Gasteiger partial charge < -0.3 is 0 Å². The van der Waals surface area contributed by atoms with Crippen LogP contribution in [0.3, 0.4) is 0 Å². The van der Waals surface area contributed by atoms with Gasteiger partial charge in [-0.3, -0.25) is 4.79 Å². The van der Waals surface area contributed by atoms with Crippen LogP contribution in [-0.2, 0) is 0 Å². The maximum Gasteiger partial charge on any atom is 0.157 e. The first-order valence-electron chi connectivity index (χ1n) is 9.37. The Morgan fingerprint density at radius 1 is 1.10 bits per heavy atom. The topological polar surface area (TPSA) is 47.3 Å². The van der Waals surface area contributed by atoms with Crippen molar-refractivity contribution in [2.24, 2.45) is 0 Å². The molecule has 0 unspecified atom stereocenters. The summed E-state index contributed by atoms with van der Waals surface area (Å²) in [5.74, 6) is 0. The Hall–Kier alpha value is -3.45. The van der Waals surface area contributed by atoms with Gasteiger partial charge in [0.1, 0.15) is 6.29 Å². The summed E-state index contributed by atoms with van der Waals surface area (Å²) < 4.78 is 1.76. The minimum atomic E-state index is 0.669. The van der Waals surface area contributed by atoms with Crippen molar-refractivity contribution in [3.8, 4) is 24.0 Å². The summed E-state index contributed by atoms with van der Waals surface area (Å²) in [5, 5.41) is 4.24. The van der Waals surface area contributed by atoms with Crippen molar-refractivity contribution in [2.75, 3.05) is 0 Å². The van der Waals surface area contributed by atoms with E-state index in [9.17, 15) is 4.79 Å². The smallest absolute Gasteiger partial charge is 0.157 e. The fourth-order valence-electron chi connectivity index (χ4n) is 1.90. The van der Waals surface area contributed by atoms with Crippen molar-refractivity contribution < 1.29 is 4.79 Å². The highest BCUT2D eigenvalue weighted by Crippen LogP contribution is 2.19. The molecular weight excluding hydrogens is 358 g/mol. The van der Waals surface area contributed by atoms with Crippen LogP contribution in [-0.4, -0.2) is 20.9 Å². The Labute approximate surface area is 175 Å². The fraction of sp³-hybridized carbons (Fsp3) is 0.240. The molecular formula is C25H31N3O. The molecule has 0 aliphatic carbocycles. The molecule has 0 amide bonds. The molecule has 0 bridgehead atoms. The SMILES string of the molecule is C#C.C/C=C\C.C=C(C)CC.Cc1cnn2cc(-c3ccc(C=O)cc3)cnc12. The molecule has 0 spiro atoms. The monoisotopic (exact) mass is 389 g/mol. The maximum atomic E-state index is 10.6. The molecule has 0 radical (unpaired) electrons. The van der Waals surface area contributed by atoms with E-state index in [-0.39, 0.29) is 0 Å². The number of fused-ring (bicyclic) bond motifs is 1. The van der Waals surface area contributed by atoms with Crippen molar-refractivity contribution in [1.82, 2.24) is 14.6 Å². The summed E-state index contributed by atoms with van der Waals surface area (Å²) in [6.45, 7) is 13.8. The normalized spacial score (nSPS) is 9.34. The largest absolute Gasteiger partial charge is 0.298 e. The van der Waals surface area contributed by atoms with Crippen molar-refractivity contribution in [2.45, 2.75) is 41.0 Å². The highest BCUT2D eigenvalue weighted by Gasteiger charge is 2.04. The molecule has 0 saturated heterocycles. The Morgan fingerprint density at radius 3 is 2.10 bits per heavy atom. The number of rotatable bonds is 3. The van der Waals surface area contributed by atoms with Crippen LogP contribution in [0.4, 0.5) is 0 Å². The van der Waals surface area contributed by atoms with Gasteiger partial charge in [0.05, 0.1) is 6.20 Å². The lowest BCUT2D eigenvalue weighted by Crippen LogP contribution is -1.92. The molecule has 2 heterocycles. The Kier molecular flexibility index (Phi) is 12.9. The standard InChI is InChI=1S/C14H11N3O.C5H10.C4H8.C2H2/c1-10-6-16-17-8-13(7-15-14(10)17)12-4-2-11(9-18)3-5-12;1-4-5(2)3;1-3-4-2;1-2/h2-9H,1H3;2,4H2,1,3H3;3-4H,1-2H3;1-2H/b;;4-3-;. The number of carbonyl (C=O) groups excluding carboxylic acids is 1. The Balaban J connectivity index is 0.000000600. The molecule has 152 valence electrons. The van der Waals surface area contributed by atoms with Gasteiger partial charge in [0.2, 0.25) is 0 Å². The number of carbonyl (C=O) groups is 1. The molecule has 0 aliphatic heterocycles. The molecule has 2 aromatic heterocycles. The minimum absolute atomic E-state index is 0.669. The third-order valence-corrected chi connectivity index (χ3v) is 3.85. The van der Waals surface area contributed by atoms with Crippen LogP contribution in [0, 0.1) is 19.8 Å². The van der Waals surface area contributed by atoms with Gasteiger partial charge in [-0.2, -0.15) is 5.10 Å². The minimum Gasteiger partial charge on any atom is -0.298 e. The van der Waals surface area contributed by atoms with Crippen LogP contribution in [0.2, 0.25) is 0 Å². The second kappa shape index (κ2) is 14.6. The van der Waals surface area contributed by atoms with Crippen LogP contribution in [0.1, 0.15) is 50.0 Å². The zero-order valence-corrected chi connectivity index (χ0v) is 18.1. The van der Waals surface area contributed by atoms with Gasteiger partial charge in [-0.25, -0.2) is 9.50 Å². The maximum absolute atomic E-state index is 10.6. The number of terminal acetylenes is 1. The number of aryl methyl sites for hydroxylation is 1. The summed E-state index contributed by atoms with van der Waals surface area (Å²) in [4.78, 5) is 15.0. The number of aldehydes is 1. The second-order valence-corrected chi connectivity index (χ2v) is 6.16. The molecule has 0 N–H and O–H groups in total.